The molecule has 1 N–H and O–H groups in total. The van der Waals surface area contributed by atoms with Gasteiger partial charge in [-0.05, 0) is 57.8 Å². The van der Waals surface area contributed by atoms with Crippen molar-refractivity contribution in [2.45, 2.75) is 84.8 Å². The average molecular weight is 266 g/mol. The highest BCUT2D eigenvalue weighted by Gasteiger charge is 2.37. The molecule has 112 valence electrons. The first kappa shape index (κ1) is 15.3. The van der Waals surface area contributed by atoms with Crippen molar-refractivity contribution >= 4 is 0 Å². The van der Waals surface area contributed by atoms with Crippen molar-refractivity contribution in [3.8, 4) is 0 Å². The van der Waals surface area contributed by atoms with Crippen LogP contribution < -0.4 is 5.32 Å². The summed E-state index contributed by atoms with van der Waals surface area (Å²) in [6.07, 6.45) is 5.71. The molecule has 19 heavy (non-hydrogen) atoms. The predicted molar refractivity (Wildman–Crippen MR) is 83.5 cm³/mol. The first-order valence-corrected chi connectivity index (χ1v) is 8.17. The van der Waals surface area contributed by atoms with Gasteiger partial charge < -0.3 is 5.32 Å². The predicted octanol–water partition coefficient (Wildman–Crippen LogP) is 3.66. The van der Waals surface area contributed by atoms with Gasteiger partial charge in [0.05, 0.1) is 0 Å². The SMILES string of the molecule is CC(C)(C)NC1CN(C2CCC(C(C)(C)C)CC2)C1. The minimum Gasteiger partial charge on any atom is -0.307 e. The van der Waals surface area contributed by atoms with Crippen LogP contribution in [-0.4, -0.2) is 35.6 Å². The van der Waals surface area contributed by atoms with Crippen molar-refractivity contribution < 1.29 is 0 Å². The van der Waals surface area contributed by atoms with Gasteiger partial charge in [0.25, 0.3) is 0 Å². The topological polar surface area (TPSA) is 15.3 Å². The van der Waals surface area contributed by atoms with Gasteiger partial charge in [-0.1, -0.05) is 20.8 Å². The van der Waals surface area contributed by atoms with E-state index in [4.69, 9.17) is 0 Å². The van der Waals surface area contributed by atoms with Crippen molar-refractivity contribution in [1.82, 2.24) is 10.2 Å². The lowest BCUT2D eigenvalue weighted by atomic mass is 9.71. The van der Waals surface area contributed by atoms with Gasteiger partial charge in [-0.25, -0.2) is 0 Å². The van der Waals surface area contributed by atoms with Gasteiger partial charge in [-0.15, -0.1) is 0 Å². The molecule has 0 bridgehead atoms. The summed E-state index contributed by atoms with van der Waals surface area (Å²) in [4.78, 5) is 2.71. The fourth-order valence-electron chi connectivity index (χ4n) is 3.82. The second kappa shape index (κ2) is 5.37. The van der Waals surface area contributed by atoms with Crippen LogP contribution in [0.4, 0.5) is 0 Å². The van der Waals surface area contributed by atoms with Crippen LogP contribution in [-0.2, 0) is 0 Å². The summed E-state index contributed by atoms with van der Waals surface area (Å²) in [5, 5.41) is 3.72. The minimum absolute atomic E-state index is 0.265. The van der Waals surface area contributed by atoms with Gasteiger partial charge in [-0.2, -0.15) is 0 Å². The molecule has 0 aromatic rings. The molecule has 2 heteroatoms. The molecule has 2 rings (SSSR count). The lowest BCUT2D eigenvalue weighted by molar-refractivity contribution is 0.0255. The fourth-order valence-corrected chi connectivity index (χ4v) is 3.82. The second-order valence-corrected chi connectivity index (χ2v) is 8.92. The Bertz CT molecular complexity index is 283. The lowest BCUT2D eigenvalue weighted by Gasteiger charge is -2.49. The van der Waals surface area contributed by atoms with Crippen LogP contribution in [0.25, 0.3) is 0 Å². The normalized spacial score (nSPS) is 31.3. The van der Waals surface area contributed by atoms with Crippen LogP contribution in [0.15, 0.2) is 0 Å². The maximum atomic E-state index is 3.72. The van der Waals surface area contributed by atoms with E-state index in [-0.39, 0.29) is 5.54 Å². The van der Waals surface area contributed by atoms with Gasteiger partial charge in [-0.3, -0.25) is 4.90 Å². The molecule has 0 aromatic heterocycles. The highest BCUT2D eigenvalue weighted by atomic mass is 15.3. The first-order valence-electron chi connectivity index (χ1n) is 8.17. The Balaban J connectivity index is 1.70. The minimum atomic E-state index is 0.265. The molecule has 0 radical (unpaired) electrons. The van der Waals surface area contributed by atoms with E-state index in [0.29, 0.717) is 5.41 Å². The standard InChI is InChI=1S/C17H34N2/c1-16(2,3)13-7-9-15(10-8-13)19-11-14(12-19)18-17(4,5)6/h13-15,18H,7-12H2,1-6H3. The lowest BCUT2D eigenvalue weighted by Crippen LogP contribution is -2.64. The summed E-state index contributed by atoms with van der Waals surface area (Å²) in [6.45, 7) is 16.6. The van der Waals surface area contributed by atoms with E-state index in [1.807, 2.05) is 0 Å². The molecule has 0 aromatic carbocycles. The third-order valence-corrected chi connectivity index (χ3v) is 4.98. The van der Waals surface area contributed by atoms with E-state index in [0.717, 1.165) is 18.0 Å². The first-order chi connectivity index (χ1) is 8.65. The Hall–Kier alpha value is -0.0800. The molecular weight excluding hydrogens is 232 g/mol. The van der Waals surface area contributed by atoms with E-state index >= 15 is 0 Å². The molecule has 1 aliphatic heterocycles. The monoisotopic (exact) mass is 266 g/mol. The third-order valence-electron chi connectivity index (χ3n) is 4.98. The molecule has 1 saturated carbocycles. The van der Waals surface area contributed by atoms with Gasteiger partial charge >= 0.3 is 0 Å². The van der Waals surface area contributed by atoms with E-state index in [1.165, 1.54) is 38.8 Å². The summed E-state index contributed by atoms with van der Waals surface area (Å²) in [5.74, 6) is 0.938. The molecule has 1 aliphatic carbocycles. The van der Waals surface area contributed by atoms with Crippen molar-refractivity contribution in [3.05, 3.63) is 0 Å². The highest BCUT2D eigenvalue weighted by Crippen LogP contribution is 2.39. The second-order valence-electron chi connectivity index (χ2n) is 8.92. The van der Waals surface area contributed by atoms with Crippen LogP contribution >= 0.6 is 0 Å². The van der Waals surface area contributed by atoms with Crippen molar-refractivity contribution in [2.24, 2.45) is 11.3 Å². The third kappa shape index (κ3) is 4.19. The maximum Gasteiger partial charge on any atom is 0.0327 e. The number of hydrogen-bond acceptors (Lipinski definition) is 2. The van der Waals surface area contributed by atoms with E-state index in [1.54, 1.807) is 0 Å². The smallest absolute Gasteiger partial charge is 0.0327 e. The zero-order valence-electron chi connectivity index (χ0n) is 13.9. The maximum absolute atomic E-state index is 3.72. The summed E-state index contributed by atoms with van der Waals surface area (Å²) in [5.41, 5.74) is 0.775. The quantitative estimate of drug-likeness (QED) is 0.820. The summed E-state index contributed by atoms with van der Waals surface area (Å²) in [6, 6.07) is 1.59. The van der Waals surface area contributed by atoms with Crippen LogP contribution in [0.5, 0.6) is 0 Å². The van der Waals surface area contributed by atoms with Crippen molar-refractivity contribution in [2.75, 3.05) is 13.1 Å². The number of nitrogens with one attached hydrogen (secondary N) is 1. The largest absolute Gasteiger partial charge is 0.307 e. The average Bonchev–Trinajstić information content (AvgIpc) is 2.20. The zero-order chi connectivity index (χ0) is 14.3. The number of rotatable bonds is 2. The molecule has 0 unspecified atom stereocenters. The van der Waals surface area contributed by atoms with Crippen LogP contribution in [0.2, 0.25) is 0 Å². The fraction of sp³-hybridized carbons (Fsp3) is 1.00. The Morgan fingerprint density at radius 3 is 1.79 bits per heavy atom. The van der Waals surface area contributed by atoms with Crippen LogP contribution in [0.3, 0.4) is 0 Å². The van der Waals surface area contributed by atoms with E-state index in [2.05, 4.69) is 51.8 Å². The van der Waals surface area contributed by atoms with Crippen molar-refractivity contribution in [1.29, 1.82) is 0 Å². The molecule has 2 nitrogen and oxygen atoms in total. The Morgan fingerprint density at radius 2 is 1.37 bits per heavy atom. The summed E-state index contributed by atoms with van der Waals surface area (Å²) < 4.78 is 0. The Labute approximate surface area is 120 Å². The molecular formula is C17H34N2. The molecule has 0 amide bonds. The molecule has 2 aliphatic rings. The van der Waals surface area contributed by atoms with Crippen molar-refractivity contribution in [3.63, 3.8) is 0 Å². The van der Waals surface area contributed by atoms with Crippen LogP contribution in [0, 0.1) is 11.3 Å². The highest BCUT2D eigenvalue weighted by molar-refractivity contribution is 4.95. The van der Waals surface area contributed by atoms with Gasteiger partial charge in [0.2, 0.25) is 0 Å². The molecule has 1 saturated heterocycles. The van der Waals surface area contributed by atoms with Crippen LogP contribution in [0.1, 0.15) is 67.2 Å². The summed E-state index contributed by atoms with van der Waals surface area (Å²) in [7, 11) is 0. The van der Waals surface area contributed by atoms with E-state index < -0.39 is 0 Å². The Kier molecular flexibility index (Phi) is 4.32. The number of nitrogens with zero attached hydrogens (tertiary/aromatic N) is 1. The molecule has 2 fully saturated rings. The Morgan fingerprint density at radius 1 is 0.842 bits per heavy atom. The van der Waals surface area contributed by atoms with Gasteiger partial charge in [0, 0.05) is 30.7 Å². The molecule has 1 heterocycles. The van der Waals surface area contributed by atoms with Gasteiger partial charge in [0.1, 0.15) is 0 Å². The number of hydrogen-bond donors (Lipinski definition) is 1. The van der Waals surface area contributed by atoms with E-state index in [9.17, 15) is 0 Å². The van der Waals surface area contributed by atoms with Gasteiger partial charge in [0.15, 0.2) is 0 Å². The molecule has 0 atom stereocenters. The number of likely N-dealkylation sites (tertiary alicyclic amines) is 1. The molecule has 0 spiro atoms. The summed E-state index contributed by atoms with van der Waals surface area (Å²) >= 11 is 0. The zero-order valence-corrected chi connectivity index (χ0v) is 13.9.